The quantitative estimate of drug-likeness (QED) is 0.198. The van der Waals surface area contributed by atoms with Crippen LogP contribution in [0.3, 0.4) is 0 Å². The number of hydrogen-bond donors (Lipinski definition) is 4. The van der Waals surface area contributed by atoms with Crippen molar-refractivity contribution in [2.75, 3.05) is 44.9 Å². The lowest BCUT2D eigenvalue weighted by Gasteiger charge is -2.38. The molecule has 1 fully saturated rings. The highest BCUT2D eigenvalue weighted by molar-refractivity contribution is 5.77. The van der Waals surface area contributed by atoms with Crippen LogP contribution in [0.15, 0.2) is 42.6 Å². The number of amides is 1. The number of aromatic nitrogens is 2. The first-order valence-corrected chi connectivity index (χ1v) is 11.9. The molecule has 39 heavy (non-hydrogen) atoms. The number of halogens is 3. The van der Waals surface area contributed by atoms with Crippen LogP contribution in [0.25, 0.3) is 0 Å². The van der Waals surface area contributed by atoms with Gasteiger partial charge < -0.3 is 39.8 Å². The van der Waals surface area contributed by atoms with Crippen molar-refractivity contribution in [1.82, 2.24) is 15.3 Å². The molecule has 3 rings (SSSR count). The van der Waals surface area contributed by atoms with E-state index in [0.717, 1.165) is 11.8 Å². The maximum absolute atomic E-state index is 12.8. The zero-order chi connectivity index (χ0) is 28.3. The van der Waals surface area contributed by atoms with Crippen molar-refractivity contribution in [3.63, 3.8) is 0 Å². The molecule has 214 valence electrons. The number of ether oxygens (including phenoxy) is 4. The predicted molar refractivity (Wildman–Crippen MR) is 127 cm³/mol. The second-order valence-corrected chi connectivity index (χ2v) is 8.42. The molecule has 0 spiro atoms. The van der Waals surface area contributed by atoms with Crippen LogP contribution in [-0.2, 0) is 41.3 Å². The topological polar surface area (TPSA) is 161 Å². The van der Waals surface area contributed by atoms with Gasteiger partial charge in [-0.05, 0) is 11.6 Å². The molecule has 1 aromatic heterocycles. The van der Waals surface area contributed by atoms with E-state index in [1.54, 1.807) is 0 Å². The Bertz CT molecular complexity index is 1060. The van der Waals surface area contributed by atoms with Crippen LogP contribution in [0.4, 0.5) is 19.1 Å². The van der Waals surface area contributed by atoms with Crippen molar-refractivity contribution in [2.45, 2.75) is 37.1 Å². The lowest BCUT2D eigenvalue weighted by molar-refractivity contribution is -0.151. The van der Waals surface area contributed by atoms with Crippen molar-refractivity contribution >= 4 is 17.8 Å². The average molecular weight is 559 g/mol. The van der Waals surface area contributed by atoms with Gasteiger partial charge in [0.2, 0.25) is 11.9 Å². The lowest BCUT2D eigenvalue weighted by Crippen LogP contribution is -2.58. The molecule has 12 nitrogen and oxygen atoms in total. The molecule has 1 aliphatic heterocycles. The first-order valence-electron chi connectivity index (χ1n) is 11.9. The maximum Gasteiger partial charge on any atom is 0.433 e. The Kier molecular flexibility index (Phi) is 11.4. The summed E-state index contributed by atoms with van der Waals surface area (Å²) < 4.78 is 59.3. The summed E-state index contributed by atoms with van der Waals surface area (Å²) in [4.78, 5) is 30.7. The molecular formula is C24H29F3N4O8. The van der Waals surface area contributed by atoms with E-state index in [0.29, 0.717) is 6.07 Å². The molecule has 1 aliphatic rings. The minimum atomic E-state index is -4.67. The van der Waals surface area contributed by atoms with Crippen LogP contribution in [0.2, 0.25) is 0 Å². The molecule has 2 aromatic rings. The van der Waals surface area contributed by atoms with E-state index in [1.165, 1.54) is 0 Å². The highest BCUT2D eigenvalue weighted by Gasteiger charge is 2.39. The Labute approximate surface area is 221 Å². The fraction of sp³-hybridized carbons (Fsp3) is 0.500. The van der Waals surface area contributed by atoms with Gasteiger partial charge in [-0.25, -0.2) is 14.8 Å². The molecule has 1 saturated heterocycles. The van der Waals surface area contributed by atoms with Crippen molar-refractivity contribution in [3.05, 3.63) is 53.9 Å². The van der Waals surface area contributed by atoms with Crippen molar-refractivity contribution in [2.24, 2.45) is 0 Å². The SMILES string of the molecule is O=C(COCCOCC(=O)OCc1ccccc1)NC[C@H]1OC[C@H](Nc2nccc(C(F)(F)F)n2)[C@@H](O)[C@H]1O. The number of esters is 1. The van der Waals surface area contributed by atoms with Gasteiger partial charge in [0.15, 0.2) is 0 Å². The fourth-order valence-corrected chi connectivity index (χ4v) is 3.42. The number of hydrogen-bond acceptors (Lipinski definition) is 11. The molecule has 0 saturated carbocycles. The number of alkyl halides is 3. The second kappa shape index (κ2) is 14.7. The summed E-state index contributed by atoms with van der Waals surface area (Å²) in [5.41, 5.74) is -0.315. The van der Waals surface area contributed by atoms with E-state index in [-0.39, 0.29) is 52.1 Å². The third kappa shape index (κ3) is 10.0. The molecule has 4 atom stereocenters. The van der Waals surface area contributed by atoms with Gasteiger partial charge in [0.1, 0.15) is 43.8 Å². The van der Waals surface area contributed by atoms with E-state index in [1.807, 2.05) is 30.3 Å². The number of nitrogens with zero attached hydrogens (tertiary/aromatic N) is 2. The number of anilines is 1. The summed E-state index contributed by atoms with van der Waals surface area (Å²) in [5.74, 6) is -1.45. The summed E-state index contributed by atoms with van der Waals surface area (Å²) in [5, 5.41) is 25.7. The molecule has 1 amide bonds. The number of carbonyl (C=O) groups excluding carboxylic acids is 2. The van der Waals surface area contributed by atoms with Gasteiger partial charge in [-0.3, -0.25) is 4.79 Å². The minimum absolute atomic E-state index is 0.0333. The van der Waals surface area contributed by atoms with Gasteiger partial charge in [-0.15, -0.1) is 0 Å². The summed E-state index contributed by atoms with van der Waals surface area (Å²) in [6.07, 6.45) is -7.63. The highest BCUT2D eigenvalue weighted by atomic mass is 19.4. The van der Waals surface area contributed by atoms with Crippen LogP contribution in [0.5, 0.6) is 0 Å². The largest absolute Gasteiger partial charge is 0.459 e. The number of benzene rings is 1. The van der Waals surface area contributed by atoms with E-state index in [9.17, 15) is 33.0 Å². The summed E-state index contributed by atoms with van der Waals surface area (Å²) in [7, 11) is 0. The first-order chi connectivity index (χ1) is 18.6. The molecule has 0 aliphatic carbocycles. The Morgan fingerprint density at radius 1 is 1.05 bits per heavy atom. The molecule has 0 unspecified atom stereocenters. The van der Waals surface area contributed by atoms with Gasteiger partial charge in [0.05, 0.1) is 25.9 Å². The van der Waals surface area contributed by atoms with Crippen LogP contribution >= 0.6 is 0 Å². The third-order valence-corrected chi connectivity index (χ3v) is 5.46. The van der Waals surface area contributed by atoms with E-state index >= 15 is 0 Å². The normalized spacial score (nSPS) is 21.3. The predicted octanol–water partition coefficient (Wildman–Crippen LogP) is 0.289. The molecule has 4 N–H and O–H groups in total. The van der Waals surface area contributed by atoms with Crippen LogP contribution in [0, 0.1) is 0 Å². The van der Waals surface area contributed by atoms with Gasteiger partial charge in [0, 0.05) is 12.7 Å². The van der Waals surface area contributed by atoms with Crippen molar-refractivity contribution < 1.29 is 51.9 Å². The van der Waals surface area contributed by atoms with E-state index < -0.39 is 48.1 Å². The van der Waals surface area contributed by atoms with Crippen LogP contribution in [-0.4, -0.2) is 96.0 Å². The molecule has 0 bridgehead atoms. The lowest BCUT2D eigenvalue weighted by atomic mass is 9.98. The maximum atomic E-state index is 12.8. The molecular weight excluding hydrogens is 529 g/mol. The monoisotopic (exact) mass is 558 g/mol. The highest BCUT2D eigenvalue weighted by Crippen LogP contribution is 2.28. The van der Waals surface area contributed by atoms with Gasteiger partial charge >= 0.3 is 12.1 Å². The van der Waals surface area contributed by atoms with Crippen molar-refractivity contribution in [1.29, 1.82) is 0 Å². The molecule has 0 radical (unpaired) electrons. The summed E-state index contributed by atoms with van der Waals surface area (Å²) in [6, 6.07) is 8.87. The zero-order valence-electron chi connectivity index (χ0n) is 20.7. The second-order valence-electron chi connectivity index (χ2n) is 8.42. The van der Waals surface area contributed by atoms with E-state index in [2.05, 4.69) is 20.6 Å². The van der Waals surface area contributed by atoms with E-state index in [4.69, 9.17) is 18.9 Å². The first kappa shape index (κ1) is 30.2. The number of nitrogens with one attached hydrogen (secondary N) is 2. The summed E-state index contributed by atoms with van der Waals surface area (Å²) in [6.45, 7) is -0.726. The molecule has 15 heteroatoms. The minimum Gasteiger partial charge on any atom is -0.459 e. The number of aliphatic hydroxyl groups excluding tert-OH is 2. The Morgan fingerprint density at radius 3 is 2.49 bits per heavy atom. The van der Waals surface area contributed by atoms with Gasteiger partial charge in [-0.1, -0.05) is 30.3 Å². The Balaban J connectivity index is 1.27. The Morgan fingerprint density at radius 2 is 1.77 bits per heavy atom. The average Bonchev–Trinajstić information content (AvgIpc) is 2.92. The molecule has 2 heterocycles. The smallest absolute Gasteiger partial charge is 0.433 e. The summed E-state index contributed by atoms with van der Waals surface area (Å²) >= 11 is 0. The van der Waals surface area contributed by atoms with Gasteiger partial charge in [-0.2, -0.15) is 13.2 Å². The number of rotatable bonds is 13. The number of aliphatic hydroxyl groups is 2. The standard InChI is InChI=1S/C24H29F3N4O8/c25-24(26,27)18-6-7-28-23(31-18)30-16-12-38-17(22(35)21(16)34)10-29-19(32)13-36-8-9-37-14-20(33)39-11-15-4-2-1-3-5-15/h1-7,16-17,21-22,34-35H,8-14H2,(H,29,32)(H,28,30,31)/t16-,17+,21+,22-/m0/s1. The van der Waals surface area contributed by atoms with Gasteiger partial charge in [0.25, 0.3) is 0 Å². The molecule has 1 aromatic carbocycles. The Hall–Kier alpha value is -3.37. The van der Waals surface area contributed by atoms with Crippen LogP contribution < -0.4 is 10.6 Å². The fourth-order valence-electron chi connectivity index (χ4n) is 3.42. The zero-order valence-corrected chi connectivity index (χ0v) is 20.7. The number of carbonyl (C=O) groups is 2. The van der Waals surface area contributed by atoms with Crippen molar-refractivity contribution in [3.8, 4) is 0 Å². The third-order valence-electron chi connectivity index (χ3n) is 5.46. The van der Waals surface area contributed by atoms with Crippen LogP contribution in [0.1, 0.15) is 11.3 Å².